The van der Waals surface area contributed by atoms with E-state index in [9.17, 15) is 9.90 Å². The third-order valence-corrected chi connectivity index (χ3v) is 3.27. The number of carbonyl (C=O) groups is 1. The molecule has 1 aliphatic heterocycles. The number of morpholine rings is 1. The zero-order valence-corrected chi connectivity index (χ0v) is 10.8. The molecule has 18 heavy (non-hydrogen) atoms. The lowest BCUT2D eigenvalue weighted by Gasteiger charge is -2.30. The molecule has 0 amide bonds. The Balaban J connectivity index is 2.36. The van der Waals surface area contributed by atoms with Crippen LogP contribution >= 0.6 is 0 Å². The molecule has 1 fully saturated rings. The summed E-state index contributed by atoms with van der Waals surface area (Å²) in [6, 6.07) is 5.73. The Morgan fingerprint density at radius 2 is 2.00 bits per heavy atom. The van der Waals surface area contributed by atoms with Crippen molar-refractivity contribution in [2.45, 2.75) is 19.8 Å². The van der Waals surface area contributed by atoms with Crippen LogP contribution in [0.3, 0.4) is 0 Å². The van der Waals surface area contributed by atoms with E-state index < -0.39 is 5.97 Å². The van der Waals surface area contributed by atoms with Gasteiger partial charge in [0.25, 0.3) is 0 Å². The average Bonchev–Trinajstić information content (AvgIpc) is 2.39. The Labute approximate surface area is 107 Å². The molecular weight excluding hydrogens is 230 g/mol. The van der Waals surface area contributed by atoms with Gasteiger partial charge < -0.3 is 14.7 Å². The van der Waals surface area contributed by atoms with Gasteiger partial charge in [-0.25, -0.2) is 4.79 Å². The van der Waals surface area contributed by atoms with Crippen LogP contribution in [0.25, 0.3) is 0 Å². The summed E-state index contributed by atoms with van der Waals surface area (Å²) in [5.74, 6) is -0.527. The fraction of sp³-hybridized carbons (Fsp3) is 0.500. The molecule has 0 atom stereocenters. The molecule has 1 aliphatic rings. The molecule has 0 saturated carbocycles. The highest BCUT2D eigenvalue weighted by Gasteiger charge is 2.19. The van der Waals surface area contributed by atoms with Crippen molar-refractivity contribution in [1.29, 1.82) is 0 Å². The van der Waals surface area contributed by atoms with E-state index in [0.717, 1.165) is 24.3 Å². The molecule has 1 aromatic rings. The summed E-state index contributed by atoms with van der Waals surface area (Å²) in [6.07, 6.45) is 0. The van der Waals surface area contributed by atoms with Crippen LogP contribution in [-0.4, -0.2) is 37.4 Å². The van der Waals surface area contributed by atoms with Crippen molar-refractivity contribution >= 4 is 11.7 Å². The van der Waals surface area contributed by atoms with E-state index in [-0.39, 0.29) is 0 Å². The van der Waals surface area contributed by atoms with Gasteiger partial charge in [0, 0.05) is 13.1 Å². The van der Waals surface area contributed by atoms with E-state index >= 15 is 0 Å². The molecule has 0 bridgehead atoms. The molecule has 0 unspecified atom stereocenters. The van der Waals surface area contributed by atoms with Gasteiger partial charge in [-0.05, 0) is 23.6 Å². The number of nitrogens with zero attached hydrogens (tertiary/aromatic N) is 1. The van der Waals surface area contributed by atoms with Crippen LogP contribution in [-0.2, 0) is 4.74 Å². The standard InChI is InChI=1S/C14H19NO3/c1-10(2)11-3-4-13(12(9-11)14(16)17)15-5-7-18-8-6-15/h3-4,9-10H,5-8H2,1-2H3,(H,16,17). The second-order valence-corrected chi connectivity index (χ2v) is 4.84. The van der Waals surface area contributed by atoms with Gasteiger partial charge in [-0.15, -0.1) is 0 Å². The zero-order chi connectivity index (χ0) is 13.1. The molecule has 2 rings (SSSR count). The molecule has 98 valence electrons. The maximum atomic E-state index is 11.4. The monoisotopic (exact) mass is 249 g/mol. The van der Waals surface area contributed by atoms with Crippen LogP contribution in [0.4, 0.5) is 5.69 Å². The molecule has 0 spiro atoms. The van der Waals surface area contributed by atoms with Crippen molar-refractivity contribution < 1.29 is 14.6 Å². The maximum Gasteiger partial charge on any atom is 0.337 e. The quantitative estimate of drug-likeness (QED) is 0.893. The number of hydrogen-bond donors (Lipinski definition) is 1. The van der Waals surface area contributed by atoms with E-state index in [1.807, 2.05) is 12.1 Å². The van der Waals surface area contributed by atoms with Gasteiger partial charge >= 0.3 is 5.97 Å². The van der Waals surface area contributed by atoms with Crippen molar-refractivity contribution in [3.05, 3.63) is 29.3 Å². The van der Waals surface area contributed by atoms with Crippen LogP contribution in [0.1, 0.15) is 35.7 Å². The van der Waals surface area contributed by atoms with Gasteiger partial charge in [-0.1, -0.05) is 19.9 Å². The number of benzene rings is 1. The number of hydrogen-bond acceptors (Lipinski definition) is 3. The minimum atomic E-state index is -0.862. The lowest BCUT2D eigenvalue weighted by atomic mass is 9.99. The highest BCUT2D eigenvalue weighted by atomic mass is 16.5. The number of anilines is 1. The van der Waals surface area contributed by atoms with Crippen molar-refractivity contribution in [1.82, 2.24) is 0 Å². The highest BCUT2D eigenvalue weighted by molar-refractivity contribution is 5.94. The first kappa shape index (κ1) is 12.9. The van der Waals surface area contributed by atoms with E-state index in [1.54, 1.807) is 6.07 Å². The lowest BCUT2D eigenvalue weighted by molar-refractivity contribution is 0.0696. The molecule has 0 aromatic heterocycles. The predicted octanol–water partition coefficient (Wildman–Crippen LogP) is 2.34. The normalized spacial score (nSPS) is 16.1. The Morgan fingerprint density at radius 1 is 1.33 bits per heavy atom. The molecule has 0 aliphatic carbocycles. The second-order valence-electron chi connectivity index (χ2n) is 4.84. The van der Waals surface area contributed by atoms with E-state index in [4.69, 9.17) is 4.74 Å². The first-order valence-corrected chi connectivity index (χ1v) is 6.29. The van der Waals surface area contributed by atoms with Crippen molar-refractivity contribution in [2.24, 2.45) is 0 Å². The van der Waals surface area contributed by atoms with Crippen molar-refractivity contribution in [3.8, 4) is 0 Å². The molecular formula is C14H19NO3. The Kier molecular flexibility index (Phi) is 3.87. The SMILES string of the molecule is CC(C)c1ccc(N2CCOCC2)c(C(=O)O)c1. The molecule has 0 radical (unpaired) electrons. The summed E-state index contributed by atoms with van der Waals surface area (Å²) < 4.78 is 5.29. The first-order chi connectivity index (χ1) is 8.59. The number of rotatable bonds is 3. The van der Waals surface area contributed by atoms with Gasteiger partial charge in [0.1, 0.15) is 0 Å². The maximum absolute atomic E-state index is 11.4. The molecule has 1 aromatic carbocycles. The van der Waals surface area contributed by atoms with Crippen LogP contribution in [0, 0.1) is 0 Å². The van der Waals surface area contributed by atoms with E-state index in [2.05, 4.69) is 18.7 Å². The Hall–Kier alpha value is -1.55. The van der Waals surface area contributed by atoms with Gasteiger partial charge in [-0.3, -0.25) is 0 Å². The summed E-state index contributed by atoms with van der Waals surface area (Å²) in [5.41, 5.74) is 2.25. The summed E-state index contributed by atoms with van der Waals surface area (Å²) >= 11 is 0. The third-order valence-electron chi connectivity index (χ3n) is 3.27. The number of aromatic carboxylic acids is 1. The second kappa shape index (κ2) is 5.40. The fourth-order valence-electron chi connectivity index (χ4n) is 2.16. The number of carboxylic acids is 1. The molecule has 4 nitrogen and oxygen atoms in total. The number of ether oxygens (including phenoxy) is 1. The summed E-state index contributed by atoms with van der Waals surface area (Å²) in [7, 11) is 0. The van der Waals surface area contributed by atoms with Gasteiger partial charge in [0.15, 0.2) is 0 Å². The number of carboxylic acid groups (broad SMARTS) is 1. The molecule has 1 N–H and O–H groups in total. The molecule has 4 heteroatoms. The topological polar surface area (TPSA) is 49.8 Å². The average molecular weight is 249 g/mol. The summed E-state index contributed by atoms with van der Waals surface area (Å²) in [4.78, 5) is 13.5. The minimum absolute atomic E-state index is 0.335. The first-order valence-electron chi connectivity index (χ1n) is 6.29. The van der Waals surface area contributed by atoms with E-state index in [0.29, 0.717) is 24.7 Å². The Morgan fingerprint density at radius 3 is 2.56 bits per heavy atom. The smallest absolute Gasteiger partial charge is 0.337 e. The van der Waals surface area contributed by atoms with E-state index in [1.165, 1.54) is 0 Å². The van der Waals surface area contributed by atoms with Gasteiger partial charge in [-0.2, -0.15) is 0 Å². The molecule has 1 saturated heterocycles. The van der Waals surface area contributed by atoms with Crippen molar-refractivity contribution in [2.75, 3.05) is 31.2 Å². The van der Waals surface area contributed by atoms with Crippen LogP contribution in [0.15, 0.2) is 18.2 Å². The highest BCUT2D eigenvalue weighted by Crippen LogP contribution is 2.26. The largest absolute Gasteiger partial charge is 0.478 e. The zero-order valence-electron chi connectivity index (χ0n) is 10.8. The Bertz CT molecular complexity index is 437. The minimum Gasteiger partial charge on any atom is -0.478 e. The molecule has 1 heterocycles. The van der Waals surface area contributed by atoms with Crippen LogP contribution in [0.5, 0.6) is 0 Å². The van der Waals surface area contributed by atoms with Crippen LogP contribution < -0.4 is 4.90 Å². The van der Waals surface area contributed by atoms with Gasteiger partial charge in [0.2, 0.25) is 0 Å². The fourth-order valence-corrected chi connectivity index (χ4v) is 2.16. The van der Waals surface area contributed by atoms with Crippen molar-refractivity contribution in [3.63, 3.8) is 0 Å². The lowest BCUT2D eigenvalue weighted by Crippen LogP contribution is -2.37. The summed E-state index contributed by atoms with van der Waals surface area (Å²) in [5, 5.41) is 9.34. The van der Waals surface area contributed by atoms with Gasteiger partial charge in [0.05, 0.1) is 24.5 Å². The third kappa shape index (κ3) is 2.64. The van der Waals surface area contributed by atoms with Crippen LogP contribution in [0.2, 0.25) is 0 Å². The summed E-state index contributed by atoms with van der Waals surface area (Å²) in [6.45, 7) is 6.95. The predicted molar refractivity (Wildman–Crippen MR) is 70.5 cm³/mol.